The van der Waals surface area contributed by atoms with E-state index >= 15 is 0 Å². The fourth-order valence-corrected chi connectivity index (χ4v) is 3.51. The zero-order valence-electron chi connectivity index (χ0n) is 17.8. The highest BCUT2D eigenvalue weighted by atomic mass is 35.5. The van der Waals surface area contributed by atoms with Crippen LogP contribution in [0.5, 0.6) is 5.75 Å². The number of hydrogen-bond donors (Lipinski definition) is 2. The molecule has 4 amide bonds. The second-order valence-corrected chi connectivity index (χ2v) is 7.78. The number of carbonyl (C=O) groups is 3. The number of imide groups is 1. The summed E-state index contributed by atoms with van der Waals surface area (Å²) in [7, 11) is 0. The predicted octanol–water partition coefficient (Wildman–Crippen LogP) is 4.59. The molecular formula is C25H19ClFN3O4. The number of benzene rings is 3. The van der Waals surface area contributed by atoms with Gasteiger partial charge in [-0.15, -0.1) is 0 Å². The normalized spacial score (nSPS) is 14.3. The molecule has 3 aromatic rings. The third-order valence-electron chi connectivity index (χ3n) is 4.92. The van der Waals surface area contributed by atoms with Crippen molar-refractivity contribution in [2.24, 2.45) is 0 Å². The molecule has 0 radical (unpaired) electrons. The van der Waals surface area contributed by atoms with Crippen LogP contribution in [0.1, 0.15) is 11.1 Å². The number of amides is 4. The summed E-state index contributed by atoms with van der Waals surface area (Å²) in [6.45, 7) is -0.219. The van der Waals surface area contributed by atoms with Crippen LogP contribution in [0.15, 0.2) is 78.5 Å². The summed E-state index contributed by atoms with van der Waals surface area (Å²) in [5, 5.41) is 5.18. The highest BCUT2D eigenvalue weighted by Crippen LogP contribution is 2.27. The van der Waals surface area contributed by atoms with Crippen LogP contribution in [0, 0.1) is 5.82 Å². The van der Waals surface area contributed by atoms with Crippen molar-refractivity contribution >= 4 is 41.2 Å². The third kappa shape index (κ3) is 5.41. The van der Waals surface area contributed by atoms with Crippen molar-refractivity contribution in [3.63, 3.8) is 0 Å². The van der Waals surface area contributed by atoms with Gasteiger partial charge in [0.25, 0.3) is 11.8 Å². The van der Waals surface area contributed by atoms with Gasteiger partial charge in [-0.2, -0.15) is 0 Å². The lowest BCUT2D eigenvalue weighted by molar-refractivity contribution is -0.123. The van der Waals surface area contributed by atoms with Crippen LogP contribution in [0.2, 0.25) is 5.02 Å². The van der Waals surface area contributed by atoms with Crippen molar-refractivity contribution < 1.29 is 23.5 Å². The molecule has 1 aliphatic rings. The SMILES string of the molecule is O=C(COc1ccc(/C=C2\NC(=O)N(Cc3ccccc3)C2=O)cc1Cl)Nc1ccccc1F. The number of rotatable bonds is 7. The molecular weight excluding hydrogens is 461 g/mol. The molecule has 0 bridgehead atoms. The Kier molecular flexibility index (Phi) is 6.89. The summed E-state index contributed by atoms with van der Waals surface area (Å²) in [4.78, 5) is 38.1. The second kappa shape index (κ2) is 10.2. The van der Waals surface area contributed by atoms with Crippen LogP contribution in [0.4, 0.5) is 14.9 Å². The van der Waals surface area contributed by atoms with E-state index < -0.39 is 23.7 Å². The standard InChI is InChI=1S/C25H19ClFN3O4/c26-18-12-17(10-11-22(18)34-15-23(31)28-20-9-5-4-8-19(20)27)13-21-24(32)30(25(33)29-21)14-16-6-2-1-3-7-16/h1-13H,14-15H2,(H,28,31)(H,29,33)/b21-13-. The number of nitrogens with one attached hydrogen (secondary N) is 2. The molecule has 34 heavy (non-hydrogen) atoms. The van der Waals surface area contributed by atoms with E-state index in [0.717, 1.165) is 10.5 Å². The van der Waals surface area contributed by atoms with Gasteiger partial charge in [-0.05, 0) is 41.5 Å². The maximum absolute atomic E-state index is 13.6. The third-order valence-corrected chi connectivity index (χ3v) is 5.21. The number of nitrogens with zero attached hydrogens (tertiary/aromatic N) is 1. The lowest BCUT2D eigenvalue weighted by Gasteiger charge is -2.11. The van der Waals surface area contributed by atoms with E-state index in [4.69, 9.17) is 16.3 Å². The summed E-state index contributed by atoms with van der Waals surface area (Å²) in [6, 6.07) is 19.2. The number of urea groups is 1. The fourth-order valence-electron chi connectivity index (χ4n) is 3.26. The number of carbonyl (C=O) groups excluding carboxylic acids is 3. The number of ether oxygens (including phenoxy) is 1. The smallest absolute Gasteiger partial charge is 0.329 e. The molecule has 172 valence electrons. The van der Waals surface area contributed by atoms with E-state index in [0.29, 0.717) is 5.56 Å². The Bertz CT molecular complexity index is 1280. The Labute approximate surface area is 199 Å². The Balaban J connectivity index is 1.39. The van der Waals surface area contributed by atoms with Gasteiger partial charge in [0.05, 0.1) is 17.3 Å². The predicted molar refractivity (Wildman–Crippen MR) is 125 cm³/mol. The molecule has 4 rings (SSSR count). The van der Waals surface area contributed by atoms with E-state index in [1.807, 2.05) is 30.3 Å². The van der Waals surface area contributed by atoms with Crippen LogP contribution in [0.3, 0.4) is 0 Å². The molecule has 0 unspecified atom stereocenters. The van der Waals surface area contributed by atoms with Crippen molar-refractivity contribution in [2.45, 2.75) is 6.54 Å². The first-order chi connectivity index (χ1) is 16.4. The maximum Gasteiger partial charge on any atom is 0.329 e. The molecule has 0 aliphatic carbocycles. The van der Waals surface area contributed by atoms with Gasteiger partial charge in [0.2, 0.25) is 0 Å². The Hall–Kier alpha value is -4.17. The average Bonchev–Trinajstić information content (AvgIpc) is 3.08. The first-order valence-electron chi connectivity index (χ1n) is 10.3. The summed E-state index contributed by atoms with van der Waals surface area (Å²) in [5.74, 6) is -1.32. The van der Waals surface area contributed by atoms with E-state index in [9.17, 15) is 18.8 Å². The minimum Gasteiger partial charge on any atom is -0.482 e. The van der Waals surface area contributed by atoms with Crippen molar-refractivity contribution in [1.29, 1.82) is 0 Å². The molecule has 1 aliphatic heterocycles. The summed E-state index contributed by atoms with van der Waals surface area (Å²) in [5.41, 5.74) is 1.55. The molecule has 1 saturated heterocycles. The molecule has 1 fully saturated rings. The first kappa shape index (κ1) is 23.0. The highest BCUT2D eigenvalue weighted by Gasteiger charge is 2.33. The van der Waals surface area contributed by atoms with E-state index in [1.165, 1.54) is 36.4 Å². The van der Waals surface area contributed by atoms with Crippen molar-refractivity contribution in [3.05, 3.63) is 100 Å². The Morgan fingerprint density at radius 3 is 2.53 bits per heavy atom. The van der Waals surface area contributed by atoms with Gasteiger partial charge in [0.15, 0.2) is 6.61 Å². The molecule has 1 heterocycles. The number of anilines is 1. The van der Waals surface area contributed by atoms with Gasteiger partial charge in [-0.3, -0.25) is 14.5 Å². The van der Waals surface area contributed by atoms with E-state index in [1.54, 1.807) is 12.1 Å². The largest absolute Gasteiger partial charge is 0.482 e. The van der Waals surface area contributed by atoms with E-state index in [2.05, 4.69) is 10.6 Å². The molecule has 0 saturated carbocycles. The van der Waals surface area contributed by atoms with Crippen LogP contribution >= 0.6 is 11.6 Å². The zero-order valence-corrected chi connectivity index (χ0v) is 18.5. The molecule has 0 atom stereocenters. The van der Waals surface area contributed by atoms with Crippen LogP contribution in [-0.2, 0) is 16.1 Å². The van der Waals surface area contributed by atoms with Gasteiger partial charge >= 0.3 is 6.03 Å². The number of hydrogen-bond acceptors (Lipinski definition) is 4. The molecule has 0 spiro atoms. The molecule has 7 nitrogen and oxygen atoms in total. The van der Waals surface area contributed by atoms with Crippen molar-refractivity contribution in [2.75, 3.05) is 11.9 Å². The minimum absolute atomic E-state index is 0.0498. The monoisotopic (exact) mass is 479 g/mol. The lowest BCUT2D eigenvalue weighted by Crippen LogP contribution is -2.30. The fraction of sp³-hybridized carbons (Fsp3) is 0.0800. The van der Waals surface area contributed by atoms with Crippen LogP contribution in [0.25, 0.3) is 6.08 Å². The summed E-state index contributed by atoms with van der Waals surface area (Å²) >= 11 is 6.26. The summed E-state index contributed by atoms with van der Waals surface area (Å²) < 4.78 is 19.1. The number of para-hydroxylation sites is 1. The quantitative estimate of drug-likeness (QED) is 0.383. The Morgan fingerprint density at radius 2 is 1.79 bits per heavy atom. The molecule has 0 aromatic heterocycles. The van der Waals surface area contributed by atoms with Gasteiger partial charge in [0.1, 0.15) is 17.3 Å². The topological polar surface area (TPSA) is 87.7 Å². The minimum atomic E-state index is -0.554. The first-order valence-corrected chi connectivity index (χ1v) is 10.6. The number of halogens is 2. The van der Waals surface area contributed by atoms with Gasteiger partial charge in [0, 0.05) is 0 Å². The van der Waals surface area contributed by atoms with E-state index in [-0.39, 0.29) is 35.3 Å². The molecule has 2 N–H and O–H groups in total. The molecule has 3 aromatic carbocycles. The lowest BCUT2D eigenvalue weighted by atomic mass is 10.1. The highest BCUT2D eigenvalue weighted by molar-refractivity contribution is 6.32. The second-order valence-electron chi connectivity index (χ2n) is 7.37. The van der Waals surface area contributed by atoms with Crippen LogP contribution < -0.4 is 15.4 Å². The van der Waals surface area contributed by atoms with Crippen molar-refractivity contribution in [1.82, 2.24) is 10.2 Å². The van der Waals surface area contributed by atoms with Gasteiger partial charge in [-0.1, -0.05) is 60.1 Å². The Morgan fingerprint density at radius 1 is 1.06 bits per heavy atom. The van der Waals surface area contributed by atoms with Crippen LogP contribution in [-0.4, -0.2) is 29.4 Å². The maximum atomic E-state index is 13.6. The van der Waals surface area contributed by atoms with Gasteiger partial charge in [-0.25, -0.2) is 9.18 Å². The average molecular weight is 480 g/mol. The van der Waals surface area contributed by atoms with Crippen molar-refractivity contribution in [3.8, 4) is 5.75 Å². The summed E-state index contributed by atoms with van der Waals surface area (Å²) in [6.07, 6.45) is 1.51. The van der Waals surface area contributed by atoms with Gasteiger partial charge < -0.3 is 15.4 Å². The zero-order chi connectivity index (χ0) is 24.1. The molecule has 9 heteroatoms.